The number of aromatic nitrogens is 2. The number of nitrogens with zero attached hydrogens (tertiary/aromatic N) is 2. The molecule has 10 heteroatoms. The molecule has 0 radical (unpaired) electrons. The summed E-state index contributed by atoms with van der Waals surface area (Å²) >= 11 is 0. The van der Waals surface area contributed by atoms with Crippen LogP contribution in [0.25, 0.3) is 16.6 Å². The first-order valence-electron chi connectivity index (χ1n) is 9.44. The Hall–Kier alpha value is -3.95. The molecule has 0 saturated heterocycles. The summed E-state index contributed by atoms with van der Waals surface area (Å²) in [5.41, 5.74) is 0.277. The molecule has 0 spiro atoms. The number of hydrogen-bond acceptors (Lipinski definition) is 5. The van der Waals surface area contributed by atoms with E-state index in [4.69, 9.17) is 9.47 Å². The summed E-state index contributed by atoms with van der Waals surface area (Å²) in [4.78, 5) is 15.9. The molecule has 32 heavy (non-hydrogen) atoms. The predicted octanol–water partition coefficient (Wildman–Crippen LogP) is 4.89. The Morgan fingerprint density at radius 3 is 2.56 bits per heavy atom. The number of fused-ring (bicyclic) bond motifs is 3. The lowest BCUT2D eigenvalue weighted by Gasteiger charge is -2.15. The van der Waals surface area contributed by atoms with Crippen molar-refractivity contribution in [2.24, 2.45) is 0 Å². The van der Waals surface area contributed by atoms with Gasteiger partial charge >= 0.3 is 5.97 Å². The molecule has 0 aliphatic rings. The van der Waals surface area contributed by atoms with Crippen molar-refractivity contribution >= 4 is 28.3 Å². The molecule has 4 aromatic rings. The number of alkyl halides is 2. The second-order valence-corrected chi connectivity index (χ2v) is 6.92. The van der Waals surface area contributed by atoms with Crippen LogP contribution in [0.15, 0.2) is 42.6 Å². The molecule has 4 rings (SSSR count). The quantitative estimate of drug-likeness (QED) is 0.421. The molecular formula is C22H18F3N3O4. The van der Waals surface area contributed by atoms with E-state index in [2.05, 4.69) is 10.3 Å². The summed E-state index contributed by atoms with van der Waals surface area (Å²) in [5.74, 6) is -0.995. The molecule has 0 atom stereocenters. The zero-order valence-corrected chi connectivity index (χ0v) is 17.0. The van der Waals surface area contributed by atoms with Crippen LogP contribution in [0.1, 0.15) is 27.9 Å². The number of benzene rings is 2. The van der Waals surface area contributed by atoms with Gasteiger partial charge in [-0.05, 0) is 12.1 Å². The number of nitrogens with one attached hydrogen (secondary N) is 1. The maximum atomic E-state index is 14.5. The van der Waals surface area contributed by atoms with Gasteiger partial charge < -0.3 is 19.9 Å². The second kappa shape index (κ2) is 8.29. The lowest BCUT2D eigenvalue weighted by molar-refractivity contribution is 0.0697. The topological polar surface area (TPSA) is 85.1 Å². The standard InChI is InChI=1S/C22H18F3N3O4/c1-31-16-7-14-15(8-17(16)32-2)28-10-12(22(29)30)6-18(28)27-21(14)26-9-11-4-3-5-13(19(11)23)20(24)25/h3-8,10,20H,9H2,1-2H3,(H,26,27)(H,29,30). The monoisotopic (exact) mass is 445 g/mol. The van der Waals surface area contributed by atoms with Crippen molar-refractivity contribution in [3.05, 3.63) is 65.1 Å². The summed E-state index contributed by atoms with van der Waals surface area (Å²) in [7, 11) is 2.94. The van der Waals surface area contributed by atoms with Crippen LogP contribution in [0, 0.1) is 5.82 Å². The largest absolute Gasteiger partial charge is 0.493 e. The van der Waals surface area contributed by atoms with Crippen LogP contribution in [0.5, 0.6) is 11.5 Å². The fourth-order valence-corrected chi connectivity index (χ4v) is 3.50. The molecule has 2 aromatic heterocycles. The van der Waals surface area contributed by atoms with E-state index >= 15 is 0 Å². The van der Waals surface area contributed by atoms with Gasteiger partial charge in [0.05, 0.1) is 30.9 Å². The molecular weight excluding hydrogens is 427 g/mol. The normalized spacial score (nSPS) is 11.3. The van der Waals surface area contributed by atoms with Gasteiger partial charge in [0.25, 0.3) is 6.43 Å². The van der Waals surface area contributed by atoms with Gasteiger partial charge in [0.15, 0.2) is 11.5 Å². The third kappa shape index (κ3) is 3.64. The number of ether oxygens (including phenoxy) is 2. The number of carboxylic acid groups (broad SMARTS) is 1. The van der Waals surface area contributed by atoms with Gasteiger partial charge in [-0.15, -0.1) is 0 Å². The van der Waals surface area contributed by atoms with Crippen LogP contribution in [0.2, 0.25) is 0 Å². The minimum Gasteiger partial charge on any atom is -0.493 e. The lowest BCUT2D eigenvalue weighted by atomic mass is 10.1. The van der Waals surface area contributed by atoms with E-state index in [0.29, 0.717) is 33.9 Å². The molecule has 0 aliphatic carbocycles. The molecule has 7 nitrogen and oxygen atoms in total. The van der Waals surface area contributed by atoms with Crippen molar-refractivity contribution in [2.45, 2.75) is 13.0 Å². The number of hydrogen-bond donors (Lipinski definition) is 2. The van der Waals surface area contributed by atoms with E-state index in [1.54, 1.807) is 16.5 Å². The maximum absolute atomic E-state index is 14.5. The van der Waals surface area contributed by atoms with Crippen LogP contribution < -0.4 is 14.8 Å². The summed E-state index contributed by atoms with van der Waals surface area (Å²) in [6.07, 6.45) is -1.51. The fourth-order valence-electron chi connectivity index (χ4n) is 3.50. The number of halogens is 3. The summed E-state index contributed by atoms with van der Waals surface area (Å²) < 4.78 is 52.8. The summed E-state index contributed by atoms with van der Waals surface area (Å²) in [6.45, 7) is -0.120. The van der Waals surface area contributed by atoms with Crippen molar-refractivity contribution in [1.82, 2.24) is 9.38 Å². The SMILES string of the molecule is COc1cc2c(NCc3cccc(C(F)F)c3F)nc3cc(C(=O)O)cn3c2cc1OC. The van der Waals surface area contributed by atoms with E-state index in [1.165, 1.54) is 38.6 Å². The minimum absolute atomic E-state index is 0.0291. The van der Waals surface area contributed by atoms with Crippen molar-refractivity contribution < 1.29 is 32.5 Å². The van der Waals surface area contributed by atoms with E-state index in [1.807, 2.05) is 0 Å². The van der Waals surface area contributed by atoms with Gasteiger partial charge in [-0.3, -0.25) is 4.40 Å². The highest BCUT2D eigenvalue weighted by molar-refractivity contribution is 5.96. The van der Waals surface area contributed by atoms with Crippen LogP contribution in [0.3, 0.4) is 0 Å². The fraction of sp³-hybridized carbons (Fsp3) is 0.182. The number of carbonyl (C=O) groups is 1. The molecule has 0 amide bonds. The Kier molecular flexibility index (Phi) is 5.52. The molecule has 2 N–H and O–H groups in total. The first-order chi connectivity index (χ1) is 15.3. The third-order valence-electron chi connectivity index (χ3n) is 5.08. The first kappa shape index (κ1) is 21.3. The molecule has 2 heterocycles. The molecule has 0 bridgehead atoms. The maximum Gasteiger partial charge on any atom is 0.337 e. The van der Waals surface area contributed by atoms with E-state index < -0.39 is 23.8 Å². The second-order valence-electron chi connectivity index (χ2n) is 6.92. The van der Waals surface area contributed by atoms with E-state index in [9.17, 15) is 23.1 Å². The van der Waals surface area contributed by atoms with Crippen molar-refractivity contribution in [1.29, 1.82) is 0 Å². The number of methoxy groups -OCH3 is 2. The van der Waals surface area contributed by atoms with Crippen LogP contribution in [0.4, 0.5) is 19.0 Å². The third-order valence-corrected chi connectivity index (χ3v) is 5.08. The smallest absolute Gasteiger partial charge is 0.337 e. The zero-order valence-electron chi connectivity index (χ0n) is 17.0. The number of rotatable bonds is 7. The van der Waals surface area contributed by atoms with Gasteiger partial charge in [-0.2, -0.15) is 0 Å². The lowest BCUT2D eigenvalue weighted by Crippen LogP contribution is -2.07. The predicted molar refractivity (Wildman–Crippen MR) is 111 cm³/mol. The minimum atomic E-state index is -2.93. The number of anilines is 1. The Balaban J connectivity index is 1.86. The van der Waals surface area contributed by atoms with Gasteiger partial charge in [0.1, 0.15) is 17.3 Å². The van der Waals surface area contributed by atoms with Crippen LogP contribution in [-0.4, -0.2) is 34.7 Å². The molecule has 0 saturated carbocycles. The zero-order chi connectivity index (χ0) is 23.0. The molecule has 2 aromatic carbocycles. The highest BCUT2D eigenvalue weighted by atomic mass is 19.3. The summed E-state index contributed by atoms with van der Waals surface area (Å²) in [6, 6.07) is 8.50. The molecule has 0 unspecified atom stereocenters. The average Bonchev–Trinajstić information content (AvgIpc) is 3.21. The van der Waals surface area contributed by atoms with Crippen LogP contribution in [-0.2, 0) is 6.54 Å². The number of carboxylic acids is 1. The average molecular weight is 445 g/mol. The molecule has 166 valence electrons. The molecule has 0 aliphatic heterocycles. The van der Waals surface area contributed by atoms with Crippen LogP contribution >= 0.6 is 0 Å². The molecule has 0 fully saturated rings. The van der Waals surface area contributed by atoms with E-state index in [0.717, 1.165) is 6.07 Å². The Bertz CT molecular complexity index is 1340. The van der Waals surface area contributed by atoms with Crippen molar-refractivity contribution in [3.8, 4) is 11.5 Å². The van der Waals surface area contributed by atoms with Crippen molar-refractivity contribution in [2.75, 3.05) is 19.5 Å². The van der Waals surface area contributed by atoms with Gasteiger partial charge in [-0.1, -0.05) is 18.2 Å². The van der Waals surface area contributed by atoms with Crippen molar-refractivity contribution in [3.63, 3.8) is 0 Å². The Morgan fingerprint density at radius 2 is 1.91 bits per heavy atom. The Labute approximate surface area is 180 Å². The van der Waals surface area contributed by atoms with Gasteiger partial charge in [0.2, 0.25) is 0 Å². The first-order valence-corrected chi connectivity index (χ1v) is 9.44. The van der Waals surface area contributed by atoms with E-state index in [-0.39, 0.29) is 17.7 Å². The summed E-state index contributed by atoms with van der Waals surface area (Å²) in [5, 5.41) is 12.9. The Morgan fingerprint density at radius 1 is 1.19 bits per heavy atom. The number of aromatic carboxylic acids is 1. The highest BCUT2D eigenvalue weighted by Crippen LogP contribution is 2.36. The van der Waals surface area contributed by atoms with Gasteiger partial charge in [0, 0.05) is 29.8 Å². The van der Waals surface area contributed by atoms with Gasteiger partial charge in [-0.25, -0.2) is 22.9 Å². The highest BCUT2D eigenvalue weighted by Gasteiger charge is 2.19.